The lowest BCUT2D eigenvalue weighted by atomic mass is 9.96. The molecule has 1 unspecified atom stereocenters. The Bertz CT molecular complexity index is 708. The summed E-state index contributed by atoms with van der Waals surface area (Å²) < 4.78 is 5.95. The molecule has 0 heterocycles. The van der Waals surface area contributed by atoms with Gasteiger partial charge in [-0.15, -0.1) is 0 Å². The third-order valence-corrected chi connectivity index (χ3v) is 4.37. The fraction of sp³-hybridized carbons (Fsp3) is 0.500. The molecule has 2 rings (SSSR count). The Morgan fingerprint density at radius 1 is 1.21 bits per heavy atom. The Morgan fingerprint density at radius 2 is 1.86 bits per heavy atom. The number of carbonyl (C=O) groups is 1. The van der Waals surface area contributed by atoms with Gasteiger partial charge in [-0.25, -0.2) is 0 Å². The van der Waals surface area contributed by atoms with Gasteiger partial charge in [0.15, 0.2) is 0 Å². The van der Waals surface area contributed by atoms with Crippen molar-refractivity contribution in [1.29, 1.82) is 0 Å². The Labute approximate surface area is 178 Å². The molecule has 1 aromatic carbocycles. The lowest BCUT2D eigenvalue weighted by Gasteiger charge is -2.23. The number of hydrogen-bond acceptors (Lipinski definition) is 2. The summed E-state index contributed by atoms with van der Waals surface area (Å²) in [6.07, 6.45) is 9.00. The van der Waals surface area contributed by atoms with E-state index in [-0.39, 0.29) is 11.3 Å². The zero-order valence-electron chi connectivity index (χ0n) is 19.4. The highest BCUT2D eigenvalue weighted by Crippen LogP contribution is 2.22. The second kappa shape index (κ2) is 12.3. The molecule has 1 atom stereocenters. The Balaban J connectivity index is 0.00000204. The monoisotopic (exact) mass is 397 g/mol. The van der Waals surface area contributed by atoms with Gasteiger partial charge in [0.1, 0.15) is 12.4 Å². The molecule has 160 valence electrons. The first-order valence-electron chi connectivity index (χ1n) is 10.8. The smallest absolute Gasteiger partial charge is 0.246 e. The number of carbonyl (C=O) groups excluding carboxylic acids is 1. The molecule has 3 nitrogen and oxygen atoms in total. The average molecular weight is 398 g/mol. The summed E-state index contributed by atoms with van der Waals surface area (Å²) in [6, 6.07) is 10.1. The standard InChI is InChI=1S/C24H33NO2.C2H6/c1-19-15-20(2)17-22(16-19)27-14-13-25(18-21-9-7-6-8-10-21)23(26)11-12-24(3,4)5;1-2/h6-12,16-17,19H,13-15,18H2,1-5H3;1-2H3/b12-11-;. The van der Waals surface area contributed by atoms with Gasteiger partial charge < -0.3 is 9.64 Å². The normalized spacial score (nSPS) is 16.4. The molecular weight excluding hydrogens is 358 g/mol. The molecule has 0 radical (unpaired) electrons. The number of allylic oxidation sites excluding steroid dienone is 4. The lowest BCUT2D eigenvalue weighted by Crippen LogP contribution is -2.32. The fourth-order valence-corrected chi connectivity index (χ4v) is 3.06. The Morgan fingerprint density at radius 3 is 2.45 bits per heavy atom. The zero-order chi connectivity index (χ0) is 21.9. The molecule has 0 aliphatic heterocycles. The molecule has 0 spiro atoms. The number of nitrogens with zero attached hydrogens (tertiary/aromatic N) is 1. The molecular formula is C26H39NO2. The molecule has 0 saturated carbocycles. The minimum atomic E-state index is -0.0179. The van der Waals surface area contributed by atoms with Gasteiger partial charge in [0.05, 0.1) is 6.54 Å². The van der Waals surface area contributed by atoms with Crippen LogP contribution in [0.2, 0.25) is 0 Å². The van der Waals surface area contributed by atoms with Gasteiger partial charge in [-0.1, -0.05) is 83.5 Å². The predicted molar refractivity (Wildman–Crippen MR) is 123 cm³/mol. The molecule has 1 aromatic rings. The van der Waals surface area contributed by atoms with Crippen molar-refractivity contribution in [2.75, 3.05) is 13.2 Å². The van der Waals surface area contributed by atoms with Crippen LogP contribution in [0.5, 0.6) is 0 Å². The minimum Gasteiger partial charge on any atom is -0.492 e. The second-order valence-corrected chi connectivity index (χ2v) is 8.53. The third kappa shape index (κ3) is 10.2. The highest BCUT2D eigenvalue weighted by Gasteiger charge is 2.15. The number of benzene rings is 1. The van der Waals surface area contributed by atoms with E-state index >= 15 is 0 Å². The van der Waals surface area contributed by atoms with E-state index in [1.807, 2.05) is 55.2 Å². The summed E-state index contributed by atoms with van der Waals surface area (Å²) in [5, 5.41) is 0. The molecule has 1 amide bonds. The van der Waals surface area contributed by atoms with E-state index in [0.29, 0.717) is 25.6 Å². The van der Waals surface area contributed by atoms with Gasteiger partial charge in [0.2, 0.25) is 5.91 Å². The van der Waals surface area contributed by atoms with Crippen LogP contribution in [0.15, 0.2) is 66.0 Å². The lowest BCUT2D eigenvalue weighted by molar-refractivity contribution is -0.127. The molecule has 0 saturated heterocycles. The number of amides is 1. The van der Waals surface area contributed by atoms with E-state index in [4.69, 9.17) is 4.74 Å². The van der Waals surface area contributed by atoms with Crippen LogP contribution in [0, 0.1) is 11.3 Å². The molecule has 0 bridgehead atoms. The highest BCUT2D eigenvalue weighted by molar-refractivity contribution is 5.87. The SMILES string of the molecule is CC.CC1=CC(OCCN(Cc2ccccc2)C(=O)/C=C\C(C)(C)C)=CC(C)C1. The van der Waals surface area contributed by atoms with Crippen LogP contribution in [0.4, 0.5) is 0 Å². The van der Waals surface area contributed by atoms with E-state index in [2.05, 4.69) is 46.8 Å². The van der Waals surface area contributed by atoms with E-state index in [1.165, 1.54) is 5.57 Å². The molecule has 1 aliphatic rings. The van der Waals surface area contributed by atoms with E-state index in [0.717, 1.165) is 17.7 Å². The molecule has 1 aliphatic carbocycles. The number of hydrogen-bond donors (Lipinski definition) is 0. The van der Waals surface area contributed by atoms with Crippen LogP contribution >= 0.6 is 0 Å². The third-order valence-electron chi connectivity index (χ3n) is 4.37. The van der Waals surface area contributed by atoms with Crippen LogP contribution in [-0.4, -0.2) is 24.0 Å². The summed E-state index contributed by atoms with van der Waals surface area (Å²) in [5.74, 6) is 1.44. The Hall–Kier alpha value is -2.29. The average Bonchev–Trinajstić information content (AvgIpc) is 2.66. The van der Waals surface area contributed by atoms with Crippen molar-refractivity contribution in [3.8, 4) is 0 Å². The first-order chi connectivity index (χ1) is 13.7. The van der Waals surface area contributed by atoms with Gasteiger partial charge in [-0.05, 0) is 48.5 Å². The fourth-order valence-electron chi connectivity index (χ4n) is 3.06. The van der Waals surface area contributed by atoms with E-state index in [9.17, 15) is 4.79 Å². The Kier molecular flexibility index (Phi) is 10.5. The van der Waals surface area contributed by atoms with Crippen molar-refractivity contribution in [3.63, 3.8) is 0 Å². The van der Waals surface area contributed by atoms with Crippen molar-refractivity contribution in [2.24, 2.45) is 11.3 Å². The number of rotatable bonds is 7. The first-order valence-corrected chi connectivity index (χ1v) is 10.8. The van der Waals surface area contributed by atoms with Gasteiger partial charge in [0, 0.05) is 6.54 Å². The molecule has 29 heavy (non-hydrogen) atoms. The van der Waals surface area contributed by atoms with E-state index < -0.39 is 0 Å². The minimum absolute atomic E-state index is 0.0179. The van der Waals surface area contributed by atoms with Crippen molar-refractivity contribution in [2.45, 2.75) is 61.4 Å². The summed E-state index contributed by atoms with van der Waals surface area (Å²) in [4.78, 5) is 14.6. The van der Waals surface area contributed by atoms with Gasteiger partial charge in [0.25, 0.3) is 0 Å². The van der Waals surface area contributed by atoms with Crippen molar-refractivity contribution >= 4 is 5.91 Å². The summed E-state index contributed by atoms with van der Waals surface area (Å²) in [6.45, 7) is 16.2. The summed E-state index contributed by atoms with van der Waals surface area (Å²) in [7, 11) is 0. The van der Waals surface area contributed by atoms with Gasteiger partial charge in [-0.3, -0.25) is 4.79 Å². The van der Waals surface area contributed by atoms with Crippen LogP contribution in [-0.2, 0) is 16.1 Å². The molecule has 3 heteroatoms. The largest absolute Gasteiger partial charge is 0.492 e. The van der Waals surface area contributed by atoms with Crippen molar-refractivity contribution in [3.05, 3.63) is 71.5 Å². The molecule has 0 fully saturated rings. The van der Waals surface area contributed by atoms with Gasteiger partial charge >= 0.3 is 0 Å². The number of ether oxygens (including phenoxy) is 1. The zero-order valence-corrected chi connectivity index (χ0v) is 19.4. The van der Waals surface area contributed by atoms with Crippen molar-refractivity contribution in [1.82, 2.24) is 4.90 Å². The maximum absolute atomic E-state index is 12.7. The molecule has 0 N–H and O–H groups in total. The van der Waals surface area contributed by atoms with Crippen LogP contribution in [0.3, 0.4) is 0 Å². The second-order valence-electron chi connectivity index (χ2n) is 8.53. The maximum atomic E-state index is 12.7. The maximum Gasteiger partial charge on any atom is 0.246 e. The predicted octanol–water partition coefficient (Wildman–Crippen LogP) is 6.53. The summed E-state index contributed by atoms with van der Waals surface area (Å²) in [5.41, 5.74) is 2.44. The van der Waals surface area contributed by atoms with Crippen LogP contribution < -0.4 is 0 Å². The topological polar surface area (TPSA) is 29.5 Å². The molecule has 0 aromatic heterocycles. The van der Waals surface area contributed by atoms with Gasteiger partial charge in [-0.2, -0.15) is 0 Å². The highest BCUT2D eigenvalue weighted by atomic mass is 16.5. The van der Waals surface area contributed by atoms with Crippen molar-refractivity contribution < 1.29 is 9.53 Å². The van der Waals surface area contributed by atoms with Crippen LogP contribution in [0.1, 0.15) is 60.5 Å². The first kappa shape index (κ1) is 24.7. The van der Waals surface area contributed by atoms with E-state index in [1.54, 1.807) is 6.08 Å². The summed E-state index contributed by atoms with van der Waals surface area (Å²) >= 11 is 0. The quantitative estimate of drug-likeness (QED) is 0.489. The van der Waals surface area contributed by atoms with Crippen LogP contribution in [0.25, 0.3) is 0 Å².